The number of carbonyl (C=O) groups excluding carboxylic acids is 1. The number of hydrogen-bond donors (Lipinski definition) is 1. The first kappa shape index (κ1) is 14.5. The Balaban J connectivity index is 1.60. The van der Waals surface area contributed by atoms with E-state index < -0.39 is 0 Å². The molecule has 1 spiro atoms. The fourth-order valence-electron chi connectivity index (χ4n) is 3.42. The third kappa shape index (κ3) is 2.56. The highest BCUT2D eigenvalue weighted by atomic mass is 16.5. The van der Waals surface area contributed by atoms with Crippen molar-refractivity contribution in [2.24, 2.45) is 0 Å². The van der Waals surface area contributed by atoms with Gasteiger partial charge in [0.1, 0.15) is 5.69 Å². The van der Waals surface area contributed by atoms with Crippen LogP contribution in [0.3, 0.4) is 0 Å². The van der Waals surface area contributed by atoms with E-state index in [1.165, 1.54) is 0 Å². The number of carbonyl (C=O) groups is 1. The van der Waals surface area contributed by atoms with Gasteiger partial charge in [0.15, 0.2) is 0 Å². The minimum absolute atomic E-state index is 0.0287. The number of benzene rings is 1. The molecule has 1 N–H and O–H groups in total. The van der Waals surface area contributed by atoms with Gasteiger partial charge >= 0.3 is 0 Å². The Bertz CT molecular complexity index is 689. The van der Waals surface area contributed by atoms with Crippen molar-refractivity contribution >= 4 is 5.91 Å². The van der Waals surface area contributed by atoms with Crippen LogP contribution in [0.4, 0.5) is 0 Å². The van der Waals surface area contributed by atoms with E-state index in [9.17, 15) is 4.79 Å². The number of aromatic amines is 1. The minimum atomic E-state index is -0.298. The second kappa shape index (κ2) is 5.83. The zero-order valence-electron chi connectivity index (χ0n) is 13.0. The molecule has 2 aromatic rings. The Kier molecular flexibility index (Phi) is 3.67. The van der Waals surface area contributed by atoms with Gasteiger partial charge in [-0.05, 0) is 24.1 Å². The molecule has 1 unspecified atom stereocenters. The second-order valence-corrected chi connectivity index (χ2v) is 6.19. The van der Waals surface area contributed by atoms with Crippen molar-refractivity contribution < 1.29 is 14.3 Å². The summed E-state index contributed by atoms with van der Waals surface area (Å²) in [6, 6.07) is 13.8. The van der Waals surface area contributed by atoms with Gasteiger partial charge in [0.05, 0.1) is 25.4 Å². The molecule has 2 aliphatic heterocycles. The molecule has 5 heteroatoms. The van der Waals surface area contributed by atoms with Gasteiger partial charge in [-0.25, -0.2) is 0 Å². The standard InChI is InChI=1S/C18H20N2O3/c21-17(20-9-11-23-13-18(20)8-10-22-12-18)16-7-6-15(19-16)14-4-2-1-3-5-14/h1-7,19H,8-13H2. The Morgan fingerprint density at radius 1 is 1.04 bits per heavy atom. The van der Waals surface area contributed by atoms with E-state index in [4.69, 9.17) is 9.47 Å². The van der Waals surface area contributed by atoms with Crippen LogP contribution in [0, 0.1) is 0 Å². The van der Waals surface area contributed by atoms with E-state index in [0.717, 1.165) is 17.7 Å². The van der Waals surface area contributed by atoms with Crippen LogP contribution in [0.15, 0.2) is 42.5 Å². The quantitative estimate of drug-likeness (QED) is 0.926. The van der Waals surface area contributed by atoms with E-state index >= 15 is 0 Å². The van der Waals surface area contributed by atoms with Gasteiger partial charge in [0.2, 0.25) is 0 Å². The molecule has 1 amide bonds. The average molecular weight is 312 g/mol. The Morgan fingerprint density at radius 2 is 1.83 bits per heavy atom. The van der Waals surface area contributed by atoms with E-state index in [2.05, 4.69) is 4.98 Å². The molecule has 1 aromatic heterocycles. The first-order valence-electron chi connectivity index (χ1n) is 8.00. The lowest BCUT2D eigenvalue weighted by molar-refractivity contribution is -0.0552. The average Bonchev–Trinajstić information content (AvgIpc) is 3.26. The summed E-state index contributed by atoms with van der Waals surface area (Å²) in [4.78, 5) is 18.2. The molecule has 0 radical (unpaired) electrons. The fraction of sp³-hybridized carbons (Fsp3) is 0.389. The number of aromatic nitrogens is 1. The monoisotopic (exact) mass is 312 g/mol. The van der Waals surface area contributed by atoms with E-state index in [0.29, 0.717) is 38.7 Å². The summed E-state index contributed by atoms with van der Waals surface area (Å²) < 4.78 is 11.2. The largest absolute Gasteiger partial charge is 0.379 e. The SMILES string of the molecule is O=C(c1ccc(-c2ccccc2)[nH]1)N1CCOCC12CCOC2. The van der Waals surface area contributed by atoms with Gasteiger partial charge in [-0.2, -0.15) is 0 Å². The highest BCUT2D eigenvalue weighted by Gasteiger charge is 2.45. The molecule has 23 heavy (non-hydrogen) atoms. The Morgan fingerprint density at radius 3 is 2.61 bits per heavy atom. The van der Waals surface area contributed by atoms with Crippen LogP contribution in [0.1, 0.15) is 16.9 Å². The molecule has 2 saturated heterocycles. The normalized spacial score (nSPS) is 24.3. The van der Waals surface area contributed by atoms with Crippen molar-refractivity contribution in [3.05, 3.63) is 48.2 Å². The number of morpholine rings is 1. The van der Waals surface area contributed by atoms with Gasteiger partial charge in [0.25, 0.3) is 5.91 Å². The molecule has 0 aliphatic carbocycles. The molecule has 4 rings (SSSR count). The Hall–Kier alpha value is -2.11. The number of nitrogens with one attached hydrogen (secondary N) is 1. The lowest BCUT2D eigenvalue weighted by Crippen LogP contribution is -2.59. The van der Waals surface area contributed by atoms with Crippen molar-refractivity contribution in [2.45, 2.75) is 12.0 Å². The van der Waals surface area contributed by atoms with Crippen molar-refractivity contribution in [1.82, 2.24) is 9.88 Å². The van der Waals surface area contributed by atoms with Gasteiger partial charge in [-0.1, -0.05) is 30.3 Å². The maximum absolute atomic E-state index is 13.0. The maximum Gasteiger partial charge on any atom is 0.270 e. The third-order valence-corrected chi connectivity index (χ3v) is 4.73. The predicted octanol–water partition coefficient (Wildman–Crippen LogP) is 2.31. The smallest absolute Gasteiger partial charge is 0.270 e. The van der Waals surface area contributed by atoms with Crippen LogP contribution in [-0.2, 0) is 9.47 Å². The van der Waals surface area contributed by atoms with Crippen LogP contribution >= 0.6 is 0 Å². The Labute approximate surface area is 135 Å². The van der Waals surface area contributed by atoms with Crippen molar-refractivity contribution in [2.75, 3.05) is 33.0 Å². The van der Waals surface area contributed by atoms with Gasteiger partial charge < -0.3 is 19.4 Å². The summed E-state index contributed by atoms with van der Waals surface area (Å²) >= 11 is 0. The molecule has 1 aromatic carbocycles. The molecule has 0 saturated carbocycles. The minimum Gasteiger partial charge on any atom is -0.379 e. The molecular formula is C18H20N2O3. The molecule has 5 nitrogen and oxygen atoms in total. The third-order valence-electron chi connectivity index (χ3n) is 4.73. The van der Waals surface area contributed by atoms with Crippen LogP contribution in [0.5, 0.6) is 0 Å². The van der Waals surface area contributed by atoms with Gasteiger partial charge in [-0.3, -0.25) is 4.79 Å². The number of H-pyrrole nitrogens is 1. The van der Waals surface area contributed by atoms with Crippen molar-refractivity contribution in [3.63, 3.8) is 0 Å². The highest BCUT2D eigenvalue weighted by molar-refractivity contribution is 5.94. The van der Waals surface area contributed by atoms with Crippen LogP contribution in [0.25, 0.3) is 11.3 Å². The zero-order valence-corrected chi connectivity index (χ0v) is 13.0. The molecule has 120 valence electrons. The summed E-state index contributed by atoms with van der Waals surface area (Å²) in [6.45, 7) is 3.00. The van der Waals surface area contributed by atoms with Gasteiger partial charge in [0, 0.05) is 18.8 Å². The van der Waals surface area contributed by atoms with E-state index in [-0.39, 0.29) is 11.4 Å². The molecule has 1 atom stereocenters. The van der Waals surface area contributed by atoms with E-state index in [1.54, 1.807) is 0 Å². The van der Waals surface area contributed by atoms with Crippen molar-refractivity contribution in [1.29, 1.82) is 0 Å². The van der Waals surface area contributed by atoms with Crippen molar-refractivity contribution in [3.8, 4) is 11.3 Å². The summed E-state index contributed by atoms with van der Waals surface area (Å²) in [5.41, 5.74) is 2.36. The zero-order chi connectivity index (χ0) is 15.7. The first-order valence-corrected chi connectivity index (χ1v) is 8.00. The number of rotatable bonds is 2. The summed E-state index contributed by atoms with van der Waals surface area (Å²) in [5, 5.41) is 0. The van der Waals surface area contributed by atoms with Crippen LogP contribution < -0.4 is 0 Å². The lowest BCUT2D eigenvalue weighted by Gasteiger charge is -2.43. The number of ether oxygens (including phenoxy) is 2. The summed E-state index contributed by atoms with van der Waals surface area (Å²) in [6.07, 6.45) is 0.838. The lowest BCUT2D eigenvalue weighted by atomic mass is 9.95. The second-order valence-electron chi connectivity index (χ2n) is 6.19. The fourth-order valence-corrected chi connectivity index (χ4v) is 3.42. The molecular weight excluding hydrogens is 292 g/mol. The molecule has 2 fully saturated rings. The number of amides is 1. The summed E-state index contributed by atoms with van der Waals surface area (Å²) in [5.74, 6) is 0.0287. The number of nitrogens with zero attached hydrogens (tertiary/aromatic N) is 1. The topological polar surface area (TPSA) is 54.6 Å². The highest BCUT2D eigenvalue weighted by Crippen LogP contribution is 2.31. The van der Waals surface area contributed by atoms with Crippen LogP contribution in [0.2, 0.25) is 0 Å². The predicted molar refractivity (Wildman–Crippen MR) is 86.3 cm³/mol. The molecule has 3 heterocycles. The van der Waals surface area contributed by atoms with E-state index in [1.807, 2.05) is 47.4 Å². The summed E-state index contributed by atoms with van der Waals surface area (Å²) in [7, 11) is 0. The molecule has 2 aliphatic rings. The first-order chi connectivity index (χ1) is 11.3. The van der Waals surface area contributed by atoms with Crippen LogP contribution in [-0.4, -0.2) is 54.3 Å². The number of hydrogen-bond acceptors (Lipinski definition) is 3. The maximum atomic E-state index is 13.0. The molecule has 0 bridgehead atoms. The van der Waals surface area contributed by atoms with Gasteiger partial charge in [-0.15, -0.1) is 0 Å².